The molecule has 0 saturated carbocycles. The normalized spacial score (nSPS) is 16.2. The van der Waals surface area contributed by atoms with Gasteiger partial charge in [-0.05, 0) is 37.3 Å². The predicted octanol–water partition coefficient (Wildman–Crippen LogP) is 2.61. The summed E-state index contributed by atoms with van der Waals surface area (Å²) in [7, 11) is 3.67. The van der Waals surface area contributed by atoms with Crippen LogP contribution in [0.5, 0.6) is 0 Å². The molecule has 0 aliphatic heterocycles. The van der Waals surface area contributed by atoms with Crippen molar-refractivity contribution in [1.82, 2.24) is 10.4 Å². The molecule has 0 aromatic carbocycles. The Hall–Kier alpha value is -0.870. The first kappa shape index (κ1) is 12.6. The van der Waals surface area contributed by atoms with E-state index in [1.165, 1.54) is 36.1 Å². The number of nitrogens with one attached hydrogen (secondary N) is 1. The minimum absolute atomic E-state index is 0.0201. The number of amides is 1. The Labute approximate surface area is 107 Å². The van der Waals surface area contributed by atoms with E-state index in [0.717, 1.165) is 17.7 Å². The van der Waals surface area contributed by atoms with Crippen LogP contribution in [0.15, 0.2) is 6.07 Å². The van der Waals surface area contributed by atoms with Crippen LogP contribution in [-0.2, 0) is 12.8 Å². The van der Waals surface area contributed by atoms with Crippen molar-refractivity contribution in [2.24, 2.45) is 0 Å². The third kappa shape index (κ3) is 3.30. The van der Waals surface area contributed by atoms with E-state index in [-0.39, 0.29) is 5.91 Å². The summed E-state index contributed by atoms with van der Waals surface area (Å²) in [4.78, 5) is 14.2. The zero-order chi connectivity index (χ0) is 12.3. The number of thiophene rings is 1. The van der Waals surface area contributed by atoms with Gasteiger partial charge >= 0.3 is 0 Å². The Morgan fingerprint density at radius 1 is 1.24 bits per heavy atom. The van der Waals surface area contributed by atoms with Gasteiger partial charge in [-0.15, -0.1) is 11.3 Å². The summed E-state index contributed by atoms with van der Waals surface area (Å²) in [6.45, 7) is 0. The first-order valence-corrected chi connectivity index (χ1v) is 7.08. The lowest BCUT2D eigenvalue weighted by Crippen LogP contribution is -2.35. The Kier molecular flexibility index (Phi) is 4.18. The van der Waals surface area contributed by atoms with Crippen LogP contribution >= 0.6 is 11.3 Å². The van der Waals surface area contributed by atoms with Crippen molar-refractivity contribution in [2.45, 2.75) is 38.5 Å². The minimum Gasteiger partial charge on any atom is -0.285 e. The maximum atomic E-state index is 11.9. The number of aryl methyl sites for hydroxylation is 2. The van der Waals surface area contributed by atoms with Gasteiger partial charge in [-0.25, -0.2) is 5.01 Å². The molecule has 1 aromatic rings. The Balaban J connectivity index is 2.14. The largest absolute Gasteiger partial charge is 0.285 e. The highest BCUT2D eigenvalue weighted by Crippen LogP contribution is 2.28. The molecular weight excluding hydrogens is 232 g/mol. The summed E-state index contributed by atoms with van der Waals surface area (Å²) in [5.74, 6) is 0.0201. The fraction of sp³-hybridized carbons (Fsp3) is 0.615. The molecule has 17 heavy (non-hydrogen) atoms. The number of nitrogens with zero attached hydrogens (tertiary/aromatic N) is 1. The van der Waals surface area contributed by atoms with E-state index >= 15 is 0 Å². The van der Waals surface area contributed by atoms with E-state index in [9.17, 15) is 4.79 Å². The van der Waals surface area contributed by atoms with Crippen molar-refractivity contribution in [2.75, 3.05) is 14.1 Å². The van der Waals surface area contributed by atoms with Crippen LogP contribution in [0.3, 0.4) is 0 Å². The zero-order valence-corrected chi connectivity index (χ0v) is 11.4. The zero-order valence-electron chi connectivity index (χ0n) is 10.6. The molecule has 1 aliphatic rings. The van der Waals surface area contributed by atoms with E-state index < -0.39 is 0 Å². The third-order valence-corrected chi connectivity index (χ3v) is 4.28. The fourth-order valence-electron chi connectivity index (χ4n) is 2.21. The molecule has 0 fully saturated rings. The molecule has 1 amide bonds. The number of hydrogen-bond donors (Lipinski definition) is 1. The molecule has 94 valence electrons. The van der Waals surface area contributed by atoms with Crippen LogP contribution < -0.4 is 5.43 Å². The van der Waals surface area contributed by atoms with Gasteiger partial charge in [0.25, 0.3) is 5.91 Å². The van der Waals surface area contributed by atoms with Gasteiger partial charge in [-0.2, -0.15) is 0 Å². The van der Waals surface area contributed by atoms with Crippen LogP contribution in [0.2, 0.25) is 0 Å². The minimum atomic E-state index is 0.0201. The maximum absolute atomic E-state index is 11.9. The molecule has 1 heterocycles. The molecule has 0 saturated heterocycles. The average molecular weight is 252 g/mol. The van der Waals surface area contributed by atoms with Crippen LogP contribution in [0.1, 0.15) is 45.8 Å². The monoisotopic (exact) mass is 252 g/mol. The highest BCUT2D eigenvalue weighted by molar-refractivity contribution is 7.14. The summed E-state index contributed by atoms with van der Waals surface area (Å²) in [6, 6.07) is 2.09. The second-order valence-electron chi connectivity index (χ2n) is 4.81. The van der Waals surface area contributed by atoms with Crippen LogP contribution in [0, 0.1) is 0 Å². The fourth-order valence-corrected chi connectivity index (χ4v) is 3.36. The van der Waals surface area contributed by atoms with Crippen molar-refractivity contribution >= 4 is 17.2 Å². The molecule has 0 bridgehead atoms. The summed E-state index contributed by atoms with van der Waals surface area (Å²) in [5, 5.41) is 1.69. The van der Waals surface area contributed by atoms with E-state index in [4.69, 9.17) is 0 Å². The van der Waals surface area contributed by atoms with Gasteiger partial charge in [0.1, 0.15) is 0 Å². The van der Waals surface area contributed by atoms with Crippen molar-refractivity contribution in [3.8, 4) is 0 Å². The molecule has 1 aromatic heterocycles. The predicted molar refractivity (Wildman–Crippen MR) is 71.3 cm³/mol. The van der Waals surface area contributed by atoms with Crippen molar-refractivity contribution in [3.05, 3.63) is 21.4 Å². The number of carbonyl (C=O) groups is 1. The van der Waals surface area contributed by atoms with Crippen LogP contribution in [0.4, 0.5) is 0 Å². The van der Waals surface area contributed by atoms with Crippen molar-refractivity contribution in [1.29, 1.82) is 0 Å². The van der Waals surface area contributed by atoms with E-state index in [2.05, 4.69) is 11.5 Å². The number of carbonyl (C=O) groups excluding carboxylic acids is 1. The number of hydrazine groups is 1. The number of fused-ring (bicyclic) bond motifs is 1. The molecule has 1 aliphatic carbocycles. The Bertz CT molecular complexity index is 373. The Morgan fingerprint density at radius 2 is 1.94 bits per heavy atom. The lowest BCUT2D eigenvalue weighted by molar-refractivity contribution is 0.0861. The first-order valence-electron chi connectivity index (χ1n) is 6.26. The van der Waals surface area contributed by atoms with Crippen molar-refractivity contribution < 1.29 is 4.79 Å². The molecule has 0 spiro atoms. The van der Waals surface area contributed by atoms with Gasteiger partial charge in [0, 0.05) is 19.0 Å². The topological polar surface area (TPSA) is 32.3 Å². The molecule has 0 radical (unpaired) electrons. The summed E-state index contributed by atoms with van der Waals surface area (Å²) in [6.07, 6.45) is 7.47. The van der Waals surface area contributed by atoms with Crippen LogP contribution in [-0.4, -0.2) is 25.0 Å². The molecule has 1 N–H and O–H groups in total. The van der Waals surface area contributed by atoms with Gasteiger partial charge in [0.15, 0.2) is 0 Å². The second-order valence-corrected chi connectivity index (χ2v) is 5.95. The van der Waals surface area contributed by atoms with Gasteiger partial charge in [-0.3, -0.25) is 10.2 Å². The van der Waals surface area contributed by atoms with E-state index in [1.54, 1.807) is 16.3 Å². The summed E-state index contributed by atoms with van der Waals surface area (Å²) >= 11 is 1.67. The van der Waals surface area contributed by atoms with Gasteiger partial charge < -0.3 is 0 Å². The smallest absolute Gasteiger partial charge is 0.275 e. The second kappa shape index (κ2) is 5.65. The highest BCUT2D eigenvalue weighted by Gasteiger charge is 2.15. The van der Waals surface area contributed by atoms with Crippen LogP contribution in [0.25, 0.3) is 0 Å². The quantitative estimate of drug-likeness (QED) is 0.821. The standard InChI is InChI=1S/C13H20N2OS/c1-15(2)14-13(16)12-9-10-7-5-3-4-6-8-11(10)17-12/h9H,3-8H2,1-2H3,(H,14,16). The molecule has 2 rings (SSSR count). The molecule has 4 heteroatoms. The third-order valence-electron chi connectivity index (χ3n) is 3.05. The van der Waals surface area contributed by atoms with Gasteiger partial charge in [-0.1, -0.05) is 12.8 Å². The first-order chi connectivity index (χ1) is 8.16. The molecule has 0 atom stereocenters. The van der Waals surface area contributed by atoms with Gasteiger partial charge in [0.05, 0.1) is 4.88 Å². The van der Waals surface area contributed by atoms with E-state index in [1.807, 2.05) is 14.1 Å². The van der Waals surface area contributed by atoms with Gasteiger partial charge in [0.2, 0.25) is 0 Å². The molecular formula is C13H20N2OS. The number of hydrogen-bond acceptors (Lipinski definition) is 3. The van der Waals surface area contributed by atoms with Crippen molar-refractivity contribution in [3.63, 3.8) is 0 Å². The van der Waals surface area contributed by atoms with E-state index in [0.29, 0.717) is 0 Å². The number of rotatable bonds is 2. The molecule has 0 unspecified atom stereocenters. The Morgan fingerprint density at radius 3 is 2.65 bits per heavy atom. The SMILES string of the molecule is CN(C)NC(=O)c1cc2c(s1)CCCCCC2. The molecule has 3 nitrogen and oxygen atoms in total. The lowest BCUT2D eigenvalue weighted by Gasteiger charge is -2.09. The lowest BCUT2D eigenvalue weighted by atomic mass is 10.00. The maximum Gasteiger partial charge on any atom is 0.275 e. The summed E-state index contributed by atoms with van der Waals surface area (Å²) in [5.41, 5.74) is 4.21. The summed E-state index contributed by atoms with van der Waals surface area (Å²) < 4.78 is 0. The highest BCUT2D eigenvalue weighted by atomic mass is 32.1. The average Bonchev–Trinajstić information content (AvgIpc) is 2.60.